The number of methoxy groups -OCH3 is 2. The number of rotatable bonds is 8. The van der Waals surface area contributed by atoms with E-state index in [9.17, 15) is 14.4 Å². The first-order valence-corrected chi connectivity index (χ1v) is 13.6. The first kappa shape index (κ1) is 28.7. The maximum atomic E-state index is 13.7. The zero-order chi connectivity index (χ0) is 28.8. The molecule has 1 heterocycles. The standard InChI is InChI=1S/C31H38N4O5/c1-6-20(2)28(33-31(38)32-26-15-14-23(39-4)18-27(26)40-5)30(37)34-16-17-35(21(3)19-34)29(36)25-13-9-11-22-10-7-8-12-24(22)25/h7-15,18,20-21,28H,6,16-17,19H2,1-5H3,(H2,32,33,38). The normalized spacial score (nSPS) is 16.7. The SMILES string of the molecule is CCC(C)C(NC(=O)Nc1ccc(OC)cc1OC)C(=O)N1CCN(C(=O)c2cccc3ccccc23)C(C)C1. The van der Waals surface area contributed by atoms with Crippen LogP contribution in [0.4, 0.5) is 10.5 Å². The van der Waals surface area contributed by atoms with Crippen molar-refractivity contribution in [2.24, 2.45) is 5.92 Å². The molecule has 9 heteroatoms. The molecule has 0 saturated carbocycles. The second-order valence-corrected chi connectivity index (χ2v) is 10.2. The molecule has 1 fully saturated rings. The number of urea groups is 1. The summed E-state index contributed by atoms with van der Waals surface area (Å²) in [5, 5.41) is 7.60. The molecule has 40 heavy (non-hydrogen) atoms. The Morgan fingerprint density at radius 3 is 2.45 bits per heavy atom. The summed E-state index contributed by atoms with van der Waals surface area (Å²) in [6.45, 7) is 7.08. The zero-order valence-electron chi connectivity index (χ0n) is 23.8. The van der Waals surface area contributed by atoms with E-state index < -0.39 is 12.1 Å². The average Bonchev–Trinajstić information content (AvgIpc) is 2.98. The predicted molar refractivity (Wildman–Crippen MR) is 156 cm³/mol. The van der Waals surface area contributed by atoms with Crippen molar-refractivity contribution in [1.29, 1.82) is 0 Å². The lowest BCUT2D eigenvalue weighted by Crippen LogP contribution is -2.60. The first-order valence-electron chi connectivity index (χ1n) is 13.6. The third-order valence-corrected chi connectivity index (χ3v) is 7.64. The Morgan fingerprint density at radius 1 is 1.00 bits per heavy atom. The predicted octanol–water partition coefficient (Wildman–Crippen LogP) is 4.77. The number of anilines is 1. The molecule has 1 aliphatic heterocycles. The molecule has 9 nitrogen and oxygen atoms in total. The quantitative estimate of drug-likeness (QED) is 0.424. The highest BCUT2D eigenvalue weighted by atomic mass is 16.5. The van der Waals surface area contributed by atoms with Crippen molar-refractivity contribution in [3.05, 3.63) is 66.2 Å². The molecule has 3 unspecified atom stereocenters. The molecule has 0 spiro atoms. The van der Waals surface area contributed by atoms with Crippen LogP contribution in [0, 0.1) is 5.92 Å². The van der Waals surface area contributed by atoms with Crippen LogP contribution < -0.4 is 20.1 Å². The topological polar surface area (TPSA) is 100 Å². The number of piperazine rings is 1. The number of hydrogen-bond donors (Lipinski definition) is 2. The number of amides is 4. The van der Waals surface area contributed by atoms with E-state index in [1.807, 2.05) is 68.1 Å². The van der Waals surface area contributed by atoms with Crippen molar-refractivity contribution in [3.8, 4) is 11.5 Å². The third kappa shape index (κ3) is 6.14. The molecular weight excluding hydrogens is 508 g/mol. The van der Waals surface area contributed by atoms with E-state index in [0.717, 1.165) is 10.8 Å². The minimum Gasteiger partial charge on any atom is -0.497 e. The molecule has 212 valence electrons. The molecule has 4 rings (SSSR count). The fourth-order valence-corrected chi connectivity index (χ4v) is 5.11. The largest absolute Gasteiger partial charge is 0.497 e. The number of hydrogen-bond acceptors (Lipinski definition) is 5. The summed E-state index contributed by atoms with van der Waals surface area (Å²) >= 11 is 0. The van der Waals surface area contributed by atoms with Crippen molar-refractivity contribution in [2.75, 3.05) is 39.2 Å². The summed E-state index contributed by atoms with van der Waals surface area (Å²) < 4.78 is 10.6. The molecule has 0 aliphatic carbocycles. The molecule has 3 aromatic carbocycles. The van der Waals surface area contributed by atoms with Crippen LogP contribution in [-0.4, -0.2) is 73.6 Å². The van der Waals surface area contributed by atoms with Crippen LogP contribution in [0.25, 0.3) is 10.8 Å². The summed E-state index contributed by atoms with van der Waals surface area (Å²) in [4.78, 5) is 43.8. The Labute approximate surface area is 235 Å². The molecule has 1 saturated heterocycles. The number of nitrogens with zero attached hydrogens (tertiary/aromatic N) is 2. The zero-order valence-corrected chi connectivity index (χ0v) is 23.8. The summed E-state index contributed by atoms with van der Waals surface area (Å²) in [5.74, 6) is 0.752. The van der Waals surface area contributed by atoms with Gasteiger partial charge in [-0.05, 0) is 41.8 Å². The van der Waals surface area contributed by atoms with Crippen LogP contribution in [0.2, 0.25) is 0 Å². The van der Waals surface area contributed by atoms with Gasteiger partial charge >= 0.3 is 6.03 Å². The van der Waals surface area contributed by atoms with Gasteiger partial charge in [-0.2, -0.15) is 0 Å². The third-order valence-electron chi connectivity index (χ3n) is 7.64. The second-order valence-electron chi connectivity index (χ2n) is 10.2. The van der Waals surface area contributed by atoms with Gasteiger partial charge in [-0.1, -0.05) is 56.7 Å². The number of carbonyl (C=O) groups is 3. The Bertz CT molecular complexity index is 1370. The molecule has 3 atom stereocenters. The average molecular weight is 547 g/mol. The Balaban J connectivity index is 1.44. The van der Waals surface area contributed by atoms with E-state index in [1.54, 1.807) is 30.2 Å². The lowest BCUT2D eigenvalue weighted by molar-refractivity contribution is -0.136. The van der Waals surface area contributed by atoms with Crippen molar-refractivity contribution in [2.45, 2.75) is 39.3 Å². The number of benzene rings is 3. The number of nitrogens with one attached hydrogen (secondary N) is 2. The molecule has 4 amide bonds. The number of ether oxygens (including phenoxy) is 2. The van der Waals surface area contributed by atoms with Gasteiger partial charge in [0.05, 0.1) is 19.9 Å². The van der Waals surface area contributed by atoms with Crippen molar-refractivity contribution in [1.82, 2.24) is 15.1 Å². The number of carbonyl (C=O) groups excluding carboxylic acids is 3. The van der Waals surface area contributed by atoms with Gasteiger partial charge in [0.1, 0.15) is 17.5 Å². The fourth-order valence-electron chi connectivity index (χ4n) is 5.11. The minimum atomic E-state index is -0.721. The Hall–Kier alpha value is -4.27. The Kier molecular flexibility index (Phi) is 9.14. The van der Waals surface area contributed by atoms with Crippen molar-refractivity contribution < 1.29 is 23.9 Å². The van der Waals surface area contributed by atoms with Gasteiger partial charge in [0.2, 0.25) is 5.91 Å². The summed E-state index contributed by atoms with van der Waals surface area (Å²) in [7, 11) is 3.06. The molecule has 2 N–H and O–H groups in total. The summed E-state index contributed by atoms with van der Waals surface area (Å²) in [6.07, 6.45) is 0.706. The number of fused-ring (bicyclic) bond motifs is 1. The molecule has 3 aromatic rings. The highest BCUT2D eigenvalue weighted by Crippen LogP contribution is 2.29. The van der Waals surface area contributed by atoms with E-state index in [-0.39, 0.29) is 23.8 Å². The molecule has 0 aromatic heterocycles. The highest BCUT2D eigenvalue weighted by Gasteiger charge is 2.36. The monoisotopic (exact) mass is 546 g/mol. The smallest absolute Gasteiger partial charge is 0.320 e. The van der Waals surface area contributed by atoms with Gasteiger partial charge in [0.15, 0.2) is 0 Å². The van der Waals surface area contributed by atoms with Gasteiger partial charge in [-0.15, -0.1) is 0 Å². The van der Waals surface area contributed by atoms with E-state index in [1.165, 1.54) is 7.11 Å². The van der Waals surface area contributed by atoms with Gasteiger partial charge in [-0.25, -0.2) is 4.79 Å². The van der Waals surface area contributed by atoms with Gasteiger partial charge in [0, 0.05) is 37.3 Å². The summed E-state index contributed by atoms with van der Waals surface area (Å²) in [5.41, 5.74) is 1.12. The fraction of sp³-hybridized carbons (Fsp3) is 0.387. The molecule has 0 bridgehead atoms. The van der Waals surface area contributed by atoms with Gasteiger partial charge < -0.3 is 29.9 Å². The van der Waals surface area contributed by atoms with Crippen molar-refractivity contribution in [3.63, 3.8) is 0 Å². The van der Waals surface area contributed by atoms with Crippen LogP contribution in [0.15, 0.2) is 60.7 Å². The molecule has 0 radical (unpaired) electrons. The van der Waals surface area contributed by atoms with Crippen LogP contribution in [0.5, 0.6) is 11.5 Å². The van der Waals surface area contributed by atoms with E-state index >= 15 is 0 Å². The van der Waals surface area contributed by atoms with E-state index in [0.29, 0.717) is 48.8 Å². The highest BCUT2D eigenvalue weighted by molar-refractivity contribution is 6.07. The maximum Gasteiger partial charge on any atom is 0.320 e. The minimum absolute atomic E-state index is 0.0409. The van der Waals surface area contributed by atoms with E-state index in [2.05, 4.69) is 10.6 Å². The molecular formula is C31H38N4O5. The lowest BCUT2D eigenvalue weighted by atomic mass is 9.97. The Morgan fingerprint density at radius 2 is 1.75 bits per heavy atom. The van der Waals surface area contributed by atoms with Gasteiger partial charge in [0.25, 0.3) is 5.91 Å². The first-order chi connectivity index (χ1) is 19.3. The van der Waals surface area contributed by atoms with E-state index in [4.69, 9.17) is 9.47 Å². The maximum absolute atomic E-state index is 13.7. The molecule has 1 aliphatic rings. The van der Waals surface area contributed by atoms with Crippen LogP contribution in [-0.2, 0) is 4.79 Å². The van der Waals surface area contributed by atoms with Crippen LogP contribution >= 0.6 is 0 Å². The summed E-state index contributed by atoms with van der Waals surface area (Å²) in [6, 6.07) is 17.3. The van der Waals surface area contributed by atoms with Crippen LogP contribution in [0.1, 0.15) is 37.6 Å². The van der Waals surface area contributed by atoms with Crippen LogP contribution in [0.3, 0.4) is 0 Å². The lowest BCUT2D eigenvalue weighted by Gasteiger charge is -2.41. The van der Waals surface area contributed by atoms with Crippen molar-refractivity contribution >= 4 is 34.3 Å². The second kappa shape index (κ2) is 12.7. The van der Waals surface area contributed by atoms with Gasteiger partial charge in [-0.3, -0.25) is 9.59 Å².